The van der Waals surface area contributed by atoms with Crippen LogP contribution in [-0.4, -0.2) is 81.9 Å². The van der Waals surface area contributed by atoms with Crippen LogP contribution in [0.15, 0.2) is 0 Å². The summed E-state index contributed by atoms with van der Waals surface area (Å²) < 4.78 is 0. The Morgan fingerprint density at radius 1 is 0.889 bits per heavy atom. The fourth-order valence-electron chi connectivity index (χ4n) is 1.90. The van der Waals surface area contributed by atoms with Gasteiger partial charge in [0.15, 0.2) is 10.2 Å². The van der Waals surface area contributed by atoms with Crippen molar-refractivity contribution in [1.82, 2.24) is 19.6 Å². The fraction of sp³-hybridized carbons (Fsp3) is 0.600. The Morgan fingerprint density at radius 3 is 1.44 bits per heavy atom. The van der Waals surface area contributed by atoms with E-state index in [1.807, 2.05) is 9.80 Å². The molecule has 0 unspecified atom stereocenters. The second-order valence-corrected chi connectivity index (χ2v) is 5.04. The van der Waals surface area contributed by atoms with Gasteiger partial charge in [-0.15, -0.1) is 0 Å². The molecule has 0 spiro atoms. The highest BCUT2D eigenvalue weighted by Gasteiger charge is 2.32. The molecule has 0 aliphatic carbocycles. The van der Waals surface area contributed by atoms with Gasteiger partial charge in [-0.25, -0.2) is 0 Å². The first-order valence-corrected chi connectivity index (χ1v) is 6.34. The van der Waals surface area contributed by atoms with E-state index in [0.717, 1.165) is 0 Å². The number of carbonyl (C=O) groups is 2. The summed E-state index contributed by atoms with van der Waals surface area (Å²) in [5.74, 6) is -0.00520. The van der Waals surface area contributed by atoms with Crippen molar-refractivity contribution in [2.45, 2.75) is 0 Å². The number of rotatable bonds is 3. The molecule has 2 fully saturated rings. The molecule has 0 aromatic carbocycles. The van der Waals surface area contributed by atoms with Crippen LogP contribution in [0.2, 0.25) is 0 Å². The quantitative estimate of drug-likeness (QED) is 0.627. The number of likely N-dealkylation sites (N-methyl/N-ethyl adjacent to an activating group) is 2. The molecule has 2 amide bonds. The summed E-state index contributed by atoms with van der Waals surface area (Å²) in [6.45, 7) is 1.80. The van der Waals surface area contributed by atoms with Gasteiger partial charge in [-0.05, 0) is 24.4 Å². The number of hydrogen-bond acceptors (Lipinski definition) is 4. The first kappa shape index (κ1) is 13.2. The van der Waals surface area contributed by atoms with E-state index < -0.39 is 0 Å². The Hall–Kier alpha value is -1.28. The average molecular weight is 286 g/mol. The number of nitrogens with zero attached hydrogens (tertiary/aromatic N) is 4. The molecule has 6 nitrogen and oxygen atoms in total. The van der Waals surface area contributed by atoms with E-state index in [0.29, 0.717) is 36.4 Å². The molecular weight excluding hydrogens is 272 g/mol. The largest absolute Gasteiger partial charge is 0.338 e. The molecule has 2 aliphatic heterocycles. The van der Waals surface area contributed by atoms with Crippen LogP contribution in [0.4, 0.5) is 0 Å². The molecule has 0 saturated carbocycles. The second-order valence-electron chi connectivity index (χ2n) is 4.31. The van der Waals surface area contributed by atoms with E-state index in [9.17, 15) is 9.59 Å². The van der Waals surface area contributed by atoms with Gasteiger partial charge in [0.05, 0.1) is 13.1 Å². The van der Waals surface area contributed by atoms with Crippen LogP contribution in [0.25, 0.3) is 0 Å². The summed E-state index contributed by atoms with van der Waals surface area (Å²) in [6.07, 6.45) is 0. The Labute approximate surface area is 116 Å². The maximum absolute atomic E-state index is 11.5. The fourth-order valence-corrected chi connectivity index (χ4v) is 2.42. The molecule has 98 valence electrons. The lowest BCUT2D eigenvalue weighted by Gasteiger charge is -2.22. The van der Waals surface area contributed by atoms with Gasteiger partial charge in [-0.2, -0.15) is 0 Å². The third-order valence-corrected chi connectivity index (χ3v) is 4.22. The Balaban J connectivity index is 1.90. The molecular formula is C10H14N4O2S2. The molecule has 0 bridgehead atoms. The van der Waals surface area contributed by atoms with Gasteiger partial charge in [0.2, 0.25) is 11.8 Å². The van der Waals surface area contributed by atoms with Crippen LogP contribution in [0.1, 0.15) is 0 Å². The average Bonchev–Trinajstić information content (AvgIpc) is 2.72. The highest BCUT2D eigenvalue weighted by molar-refractivity contribution is 7.80. The molecule has 0 aromatic heterocycles. The van der Waals surface area contributed by atoms with E-state index in [2.05, 4.69) is 0 Å². The van der Waals surface area contributed by atoms with E-state index in [1.165, 1.54) is 9.80 Å². The molecule has 18 heavy (non-hydrogen) atoms. The van der Waals surface area contributed by atoms with Gasteiger partial charge in [0, 0.05) is 27.2 Å². The lowest BCUT2D eigenvalue weighted by atomic mass is 10.4. The first-order chi connectivity index (χ1) is 8.41. The number of carbonyl (C=O) groups excluding carboxylic acids is 2. The smallest absolute Gasteiger partial charge is 0.248 e. The molecule has 2 aliphatic rings. The highest BCUT2D eigenvalue weighted by atomic mass is 32.1. The third kappa shape index (κ3) is 2.17. The van der Waals surface area contributed by atoms with Gasteiger partial charge < -0.3 is 9.80 Å². The van der Waals surface area contributed by atoms with E-state index in [4.69, 9.17) is 24.4 Å². The van der Waals surface area contributed by atoms with Crippen molar-refractivity contribution in [3.63, 3.8) is 0 Å². The highest BCUT2D eigenvalue weighted by Crippen LogP contribution is 2.11. The predicted molar refractivity (Wildman–Crippen MR) is 73.9 cm³/mol. The van der Waals surface area contributed by atoms with Crippen molar-refractivity contribution in [2.24, 2.45) is 0 Å². The lowest BCUT2D eigenvalue weighted by Crippen LogP contribution is -2.38. The minimum Gasteiger partial charge on any atom is -0.338 e. The minimum absolute atomic E-state index is 0.00260. The lowest BCUT2D eigenvalue weighted by molar-refractivity contribution is -0.125. The van der Waals surface area contributed by atoms with Crippen molar-refractivity contribution < 1.29 is 9.59 Å². The van der Waals surface area contributed by atoms with Gasteiger partial charge in [0.1, 0.15) is 0 Å². The van der Waals surface area contributed by atoms with Crippen molar-refractivity contribution >= 4 is 46.5 Å². The number of amides is 2. The predicted octanol–water partition coefficient (Wildman–Crippen LogP) is -0.896. The summed E-state index contributed by atoms with van der Waals surface area (Å²) in [7, 11) is 3.34. The number of hydrogen-bond donors (Lipinski definition) is 0. The monoisotopic (exact) mass is 286 g/mol. The van der Waals surface area contributed by atoms with E-state index >= 15 is 0 Å². The molecule has 0 aromatic rings. The molecule has 2 heterocycles. The van der Waals surface area contributed by atoms with E-state index in [-0.39, 0.29) is 11.8 Å². The van der Waals surface area contributed by atoms with Crippen molar-refractivity contribution in [3.05, 3.63) is 0 Å². The van der Waals surface area contributed by atoms with Gasteiger partial charge in [-0.3, -0.25) is 19.4 Å². The van der Waals surface area contributed by atoms with Gasteiger partial charge in [0.25, 0.3) is 0 Å². The van der Waals surface area contributed by atoms with Crippen LogP contribution < -0.4 is 0 Å². The maximum Gasteiger partial charge on any atom is 0.248 e. The SMILES string of the molecule is CN1C(=O)CN(CCN2CC(=O)N(C)C2=S)C1=S. The van der Waals surface area contributed by atoms with Gasteiger partial charge in [-0.1, -0.05) is 0 Å². The standard InChI is InChI=1S/C10H14N4O2S2/c1-11-7(15)5-13(9(11)17)3-4-14-6-8(16)12(2)10(14)18/h3-6H2,1-2H3. The summed E-state index contributed by atoms with van der Waals surface area (Å²) in [6, 6.07) is 0. The zero-order valence-corrected chi connectivity index (χ0v) is 11.9. The van der Waals surface area contributed by atoms with Crippen molar-refractivity contribution in [3.8, 4) is 0 Å². The zero-order chi connectivity index (χ0) is 13.4. The Morgan fingerprint density at radius 2 is 1.22 bits per heavy atom. The van der Waals surface area contributed by atoms with Gasteiger partial charge >= 0.3 is 0 Å². The minimum atomic E-state index is -0.00260. The third-order valence-electron chi connectivity index (χ3n) is 3.16. The van der Waals surface area contributed by atoms with Crippen LogP contribution in [-0.2, 0) is 9.59 Å². The van der Waals surface area contributed by atoms with Crippen LogP contribution in [0, 0.1) is 0 Å². The molecule has 0 atom stereocenters. The summed E-state index contributed by atoms with van der Waals surface area (Å²) >= 11 is 10.3. The van der Waals surface area contributed by atoms with Crippen molar-refractivity contribution in [2.75, 3.05) is 40.3 Å². The van der Waals surface area contributed by atoms with Crippen LogP contribution in [0.3, 0.4) is 0 Å². The summed E-state index contributed by atoms with van der Waals surface area (Å²) in [5.41, 5.74) is 0. The maximum atomic E-state index is 11.5. The topological polar surface area (TPSA) is 47.1 Å². The summed E-state index contributed by atoms with van der Waals surface area (Å²) in [4.78, 5) is 29.5. The summed E-state index contributed by atoms with van der Waals surface area (Å²) in [5, 5.41) is 1.06. The van der Waals surface area contributed by atoms with Crippen molar-refractivity contribution in [1.29, 1.82) is 0 Å². The first-order valence-electron chi connectivity index (χ1n) is 5.52. The Bertz CT molecular complexity index is 400. The Kier molecular flexibility index (Phi) is 3.49. The zero-order valence-electron chi connectivity index (χ0n) is 10.3. The second kappa shape index (κ2) is 4.77. The number of thiocarbonyl (C=S) groups is 2. The molecule has 2 rings (SSSR count). The van der Waals surface area contributed by atoms with Crippen LogP contribution >= 0.6 is 24.4 Å². The molecule has 8 heteroatoms. The molecule has 0 radical (unpaired) electrons. The normalized spacial score (nSPS) is 20.8. The molecule has 0 N–H and O–H groups in total. The van der Waals surface area contributed by atoms with Crippen LogP contribution in [0.5, 0.6) is 0 Å². The molecule has 2 saturated heterocycles. The van der Waals surface area contributed by atoms with E-state index in [1.54, 1.807) is 14.1 Å².